The van der Waals surface area contributed by atoms with Gasteiger partial charge in [-0.3, -0.25) is 9.98 Å². The number of fused-ring (bicyclic) bond motifs is 1. The lowest BCUT2D eigenvalue weighted by Gasteiger charge is -2.05. The quantitative estimate of drug-likeness (QED) is 0.773. The summed E-state index contributed by atoms with van der Waals surface area (Å²) in [6, 6.07) is 17.6. The molecular weight excluding hydrogens is 312 g/mol. The van der Waals surface area contributed by atoms with Crippen LogP contribution in [0.1, 0.15) is 27.0 Å². The van der Waals surface area contributed by atoms with E-state index in [-0.39, 0.29) is 0 Å². The van der Waals surface area contributed by atoms with Gasteiger partial charge in [-0.05, 0) is 42.3 Å². The monoisotopic (exact) mass is 328 g/mol. The molecule has 1 aliphatic heterocycles. The first-order valence-corrected chi connectivity index (χ1v) is 8.08. The van der Waals surface area contributed by atoms with Crippen molar-refractivity contribution in [3.63, 3.8) is 0 Å². The zero-order chi connectivity index (χ0) is 17.4. The third-order valence-electron chi connectivity index (χ3n) is 4.37. The van der Waals surface area contributed by atoms with Crippen molar-refractivity contribution in [3.8, 4) is 11.3 Å². The number of rotatable bonds is 3. The number of aromatic carboxylic acids is 1. The van der Waals surface area contributed by atoms with Crippen LogP contribution in [0.15, 0.2) is 65.8 Å². The first-order chi connectivity index (χ1) is 12.1. The number of nitrogens with zero attached hydrogens (tertiary/aromatic N) is 2. The summed E-state index contributed by atoms with van der Waals surface area (Å²) in [6.07, 6.45) is 2.32. The topological polar surface area (TPSA) is 62.5 Å². The molecule has 0 atom stereocenters. The molecule has 0 aliphatic carbocycles. The summed E-state index contributed by atoms with van der Waals surface area (Å²) in [4.78, 5) is 20.7. The lowest BCUT2D eigenvalue weighted by atomic mass is 9.98. The number of benzene rings is 2. The smallest absolute Gasteiger partial charge is 0.336 e. The highest BCUT2D eigenvalue weighted by Crippen LogP contribution is 2.33. The van der Waals surface area contributed by atoms with Crippen molar-refractivity contribution in [1.82, 2.24) is 4.98 Å². The van der Waals surface area contributed by atoms with Gasteiger partial charge in [0.05, 0.1) is 22.7 Å². The van der Waals surface area contributed by atoms with Gasteiger partial charge in [0.25, 0.3) is 0 Å². The summed E-state index contributed by atoms with van der Waals surface area (Å²) in [7, 11) is 0. The molecule has 0 radical (unpaired) electrons. The normalized spacial score (nSPS) is 12.6. The first kappa shape index (κ1) is 15.3. The van der Waals surface area contributed by atoms with Crippen LogP contribution in [-0.2, 0) is 6.42 Å². The van der Waals surface area contributed by atoms with E-state index in [0.29, 0.717) is 12.0 Å². The number of aliphatic imine (C=N–C) groups is 1. The predicted octanol–water partition coefficient (Wildman–Crippen LogP) is 4.43. The van der Waals surface area contributed by atoms with Gasteiger partial charge in [-0.25, -0.2) is 4.79 Å². The van der Waals surface area contributed by atoms with Gasteiger partial charge in [-0.2, -0.15) is 0 Å². The Morgan fingerprint density at radius 1 is 1.04 bits per heavy atom. The molecule has 4 rings (SSSR count). The molecule has 2 aromatic carbocycles. The summed E-state index contributed by atoms with van der Waals surface area (Å²) < 4.78 is 0. The molecule has 0 spiro atoms. The van der Waals surface area contributed by atoms with Crippen molar-refractivity contribution < 1.29 is 9.90 Å². The van der Waals surface area contributed by atoms with Crippen molar-refractivity contribution in [2.75, 3.05) is 0 Å². The third kappa shape index (κ3) is 2.83. The summed E-state index contributed by atoms with van der Waals surface area (Å²) in [5.74, 6) is -0.908. The maximum absolute atomic E-state index is 11.5. The summed E-state index contributed by atoms with van der Waals surface area (Å²) >= 11 is 0. The van der Waals surface area contributed by atoms with E-state index in [1.165, 1.54) is 0 Å². The number of carbonyl (C=O) groups is 1. The Kier molecular flexibility index (Phi) is 3.65. The van der Waals surface area contributed by atoms with Crippen LogP contribution >= 0.6 is 0 Å². The molecule has 4 heteroatoms. The molecule has 1 aromatic heterocycles. The molecule has 1 N–H and O–H groups in total. The highest BCUT2D eigenvalue weighted by Gasteiger charge is 2.23. The molecule has 0 saturated heterocycles. The Balaban J connectivity index is 1.67. The van der Waals surface area contributed by atoms with Gasteiger partial charge >= 0.3 is 5.97 Å². The van der Waals surface area contributed by atoms with Crippen LogP contribution in [0.25, 0.3) is 11.3 Å². The van der Waals surface area contributed by atoms with Gasteiger partial charge in [-0.1, -0.05) is 30.3 Å². The molecule has 2 heterocycles. The molecule has 0 unspecified atom stereocenters. The number of carboxylic acids is 1. The number of hydrogen-bond acceptors (Lipinski definition) is 3. The Morgan fingerprint density at radius 3 is 2.52 bits per heavy atom. The van der Waals surface area contributed by atoms with Crippen molar-refractivity contribution in [1.29, 1.82) is 0 Å². The van der Waals surface area contributed by atoms with Crippen LogP contribution in [0.2, 0.25) is 0 Å². The molecule has 25 heavy (non-hydrogen) atoms. The highest BCUT2D eigenvalue weighted by atomic mass is 16.4. The molecule has 4 nitrogen and oxygen atoms in total. The Hall–Kier alpha value is -3.27. The number of aryl methyl sites for hydroxylation is 1. The minimum absolute atomic E-state index is 0.336. The van der Waals surface area contributed by atoms with E-state index in [2.05, 4.69) is 9.98 Å². The lowest BCUT2D eigenvalue weighted by Crippen LogP contribution is -2.06. The van der Waals surface area contributed by atoms with Crippen LogP contribution in [0, 0.1) is 6.92 Å². The summed E-state index contributed by atoms with van der Waals surface area (Å²) in [6.45, 7) is 1.89. The van der Waals surface area contributed by atoms with E-state index in [4.69, 9.17) is 0 Å². The molecule has 0 amide bonds. The zero-order valence-electron chi connectivity index (χ0n) is 13.7. The van der Waals surface area contributed by atoms with Crippen LogP contribution in [0.3, 0.4) is 0 Å². The standard InChI is InChI=1S/C21H16N2O2/c1-13-9-17(21(24)25)16-11-19(23-20(16)10-13)15-7-8-18(22-12-15)14-5-3-2-4-6-14/h2-10,12H,11H2,1H3,(H,24,25). The van der Waals surface area contributed by atoms with Crippen molar-refractivity contribution >= 4 is 17.4 Å². The van der Waals surface area contributed by atoms with E-state index in [1.807, 2.05) is 55.5 Å². The SMILES string of the molecule is Cc1cc2c(c(C(=O)O)c1)CC(c1ccc(-c3ccccc3)nc1)=N2. The Morgan fingerprint density at radius 2 is 1.84 bits per heavy atom. The second kappa shape index (κ2) is 5.98. The molecule has 0 saturated carbocycles. The molecule has 0 fully saturated rings. The highest BCUT2D eigenvalue weighted by molar-refractivity contribution is 6.08. The van der Waals surface area contributed by atoms with Crippen LogP contribution < -0.4 is 0 Å². The van der Waals surface area contributed by atoms with Gasteiger partial charge in [0.15, 0.2) is 0 Å². The Labute approximate surface area is 145 Å². The Bertz CT molecular complexity index is 990. The van der Waals surface area contributed by atoms with Crippen molar-refractivity contribution in [2.24, 2.45) is 4.99 Å². The predicted molar refractivity (Wildman–Crippen MR) is 97.7 cm³/mol. The first-order valence-electron chi connectivity index (χ1n) is 8.08. The fraction of sp³-hybridized carbons (Fsp3) is 0.0952. The summed E-state index contributed by atoms with van der Waals surface area (Å²) in [5.41, 5.74) is 6.51. The number of hydrogen-bond donors (Lipinski definition) is 1. The average molecular weight is 328 g/mol. The fourth-order valence-electron chi connectivity index (χ4n) is 3.14. The van der Waals surface area contributed by atoms with Gasteiger partial charge in [0, 0.05) is 23.7 Å². The van der Waals surface area contributed by atoms with Crippen molar-refractivity contribution in [3.05, 3.63) is 83.0 Å². The van der Waals surface area contributed by atoms with Gasteiger partial charge in [0.1, 0.15) is 0 Å². The van der Waals surface area contributed by atoms with E-state index in [0.717, 1.165) is 39.3 Å². The summed E-state index contributed by atoms with van der Waals surface area (Å²) in [5, 5.41) is 9.43. The van der Waals surface area contributed by atoms with E-state index in [1.54, 1.807) is 12.3 Å². The van der Waals surface area contributed by atoms with Crippen molar-refractivity contribution in [2.45, 2.75) is 13.3 Å². The maximum Gasteiger partial charge on any atom is 0.336 e. The molecule has 122 valence electrons. The fourth-order valence-corrected chi connectivity index (χ4v) is 3.14. The molecule has 1 aliphatic rings. The molecule has 3 aromatic rings. The zero-order valence-corrected chi connectivity index (χ0v) is 13.7. The number of carboxylic acid groups (broad SMARTS) is 1. The minimum atomic E-state index is -0.908. The maximum atomic E-state index is 11.5. The number of aromatic nitrogens is 1. The second-order valence-corrected chi connectivity index (χ2v) is 6.15. The average Bonchev–Trinajstić information content (AvgIpc) is 3.05. The van der Waals surface area contributed by atoms with Crippen LogP contribution in [-0.4, -0.2) is 21.8 Å². The molecular formula is C21H16N2O2. The van der Waals surface area contributed by atoms with Gasteiger partial charge in [0.2, 0.25) is 0 Å². The van der Waals surface area contributed by atoms with Gasteiger partial charge in [-0.15, -0.1) is 0 Å². The van der Waals surface area contributed by atoms with E-state index < -0.39 is 5.97 Å². The van der Waals surface area contributed by atoms with E-state index >= 15 is 0 Å². The third-order valence-corrected chi connectivity index (χ3v) is 4.37. The lowest BCUT2D eigenvalue weighted by molar-refractivity contribution is 0.0696. The van der Waals surface area contributed by atoms with Crippen LogP contribution in [0.4, 0.5) is 5.69 Å². The second-order valence-electron chi connectivity index (χ2n) is 6.15. The minimum Gasteiger partial charge on any atom is -0.478 e. The van der Waals surface area contributed by atoms with Crippen LogP contribution in [0.5, 0.6) is 0 Å². The number of pyridine rings is 1. The molecule has 0 bridgehead atoms. The van der Waals surface area contributed by atoms with Gasteiger partial charge < -0.3 is 5.11 Å². The van der Waals surface area contributed by atoms with E-state index in [9.17, 15) is 9.90 Å². The largest absolute Gasteiger partial charge is 0.478 e.